The van der Waals surface area contributed by atoms with Gasteiger partial charge in [0.05, 0.1) is 11.3 Å². The summed E-state index contributed by atoms with van der Waals surface area (Å²) in [5.74, 6) is 0.602. The molecule has 41 heavy (non-hydrogen) atoms. The maximum Gasteiger partial charge on any atom is 0.416 e. The molecule has 1 aromatic carbocycles. The van der Waals surface area contributed by atoms with Crippen LogP contribution in [0.25, 0.3) is 5.69 Å². The van der Waals surface area contributed by atoms with E-state index in [1.807, 2.05) is 4.90 Å². The first kappa shape index (κ1) is 29.0. The Balaban J connectivity index is 1.23. The van der Waals surface area contributed by atoms with Crippen LogP contribution < -0.4 is 22.5 Å². The number of hydrogen-bond donors (Lipinski definition) is 3. The van der Waals surface area contributed by atoms with Gasteiger partial charge in [0.15, 0.2) is 0 Å². The largest absolute Gasteiger partial charge is 0.416 e. The van der Waals surface area contributed by atoms with Crippen LogP contribution in [0.1, 0.15) is 31.4 Å². The highest BCUT2D eigenvalue weighted by Gasteiger charge is 2.53. The average Bonchev–Trinajstić information content (AvgIpc) is 3.27. The molecule has 222 valence electrons. The van der Waals surface area contributed by atoms with Crippen LogP contribution >= 0.6 is 0 Å². The molecule has 0 bridgehead atoms. The molecule has 2 aromatic rings. The van der Waals surface area contributed by atoms with E-state index in [0.29, 0.717) is 38.0 Å². The summed E-state index contributed by atoms with van der Waals surface area (Å²) < 4.78 is 42.9. The third-order valence-corrected chi connectivity index (χ3v) is 7.97. The van der Waals surface area contributed by atoms with Crippen molar-refractivity contribution < 1.29 is 22.8 Å². The molecule has 3 amide bonds. The van der Waals surface area contributed by atoms with Crippen LogP contribution in [0.3, 0.4) is 0 Å². The van der Waals surface area contributed by atoms with Crippen LogP contribution in [0, 0.1) is 11.8 Å². The van der Waals surface area contributed by atoms with E-state index in [1.54, 1.807) is 18.7 Å². The Kier molecular flexibility index (Phi) is 7.59. The number of likely N-dealkylation sites (tertiary alicyclic amines) is 1. The van der Waals surface area contributed by atoms with E-state index >= 15 is 0 Å². The summed E-state index contributed by atoms with van der Waals surface area (Å²) in [6.07, 6.45) is -3.13. The van der Waals surface area contributed by atoms with Crippen molar-refractivity contribution in [1.29, 1.82) is 0 Å². The third kappa shape index (κ3) is 6.54. The van der Waals surface area contributed by atoms with Crippen molar-refractivity contribution in [1.82, 2.24) is 24.3 Å². The Labute approximate surface area is 235 Å². The number of carbonyl (C=O) groups is 2. The molecular formula is C27H35F3N8O3. The lowest BCUT2D eigenvalue weighted by Crippen LogP contribution is -2.53. The molecule has 2 saturated heterocycles. The predicted molar refractivity (Wildman–Crippen MR) is 145 cm³/mol. The van der Waals surface area contributed by atoms with E-state index in [1.165, 1.54) is 29.3 Å². The molecule has 1 aliphatic carbocycles. The van der Waals surface area contributed by atoms with Crippen LogP contribution in [-0.2, 0) is 17.5 Å². The number of alkyl halides is 3. The van der Waals surface area contributed by atoms with E-state index in [4.69, 9.17) is 11.5 Å². The highest BCUT2D eigenvalue weighted by atomic mass is 19.4. The van der Waals surface area contributed by atoms with Gasteiger partial charge in [-0.25, -0.2) is 9.59 Å². The fourth-order valence-electron chi connectivity index (χ4n) is 5.66. The number of urea groups is 1. The summed E-state index contributed by atoms with van der Waals surface area (Å²) in [6, 6.07) is 4.81. The maximum absolute atomic E-state index is 14.0. The van der Waals surface area contributed by atoms with E-state index < -0.39 is 29.0 Å². The number of benzene rings is 1. The molecule has 3 fully saturated rings. The van der Waals surface area contributed by atoms with Gasteiger partial charge in [0.1, 0.15) is 5.82 Å². The van der Waals surface area contributed by atoms with Crippen molar-refractivity contribution >= 4 is 17.8 Å². The lowest BCUT2D eigenvalue weighted by atomic mass is 10.0. The van der Waals surface area contributed by atoms with Crippen molar-refractivity contribution in [2.24, 2.45) is 23.3 Å². The molecule has 2 unspecified atom stereocenters. The molecule has 14 heteroatoms. The normalized spacial score (nSPS) is 23.0. The van der Waals surface area contributed by atoms with Gasteiger partial charge in [-0.2, -0.15) is 18.2 Å². The van der Waals surface area contributed by atoms with Crippen molar-refractivity contribution in [2.75, 3.05) is 44.6 Å². The summed E-state index contributed by atoms with van der Waals surface area (Å²) in [4.78, 5) is 46.8. The summed E-state index contributed by atoms with van der Waals surface area (Å²) in [5, 5.41) is 2.55. The SMILES string of the molecule is CC(C)(N)CC(=O)N1CCN(C(=O)Nc2ccn(-c3ccc(CN4CC5C(N)C5C4)c(C(F)(F)F)c3)c(=O)n2)CC1. The second-order valence-corrected chi connectivity index (χ2v) is 11.9. The van der Waals surface area contributed by atoms with Gasteiger partial charge in [0, 0.05) is 70.0 Å². The predicted octanol–water partition coefficient (Wildman–Crippen LogP) is 1.44. The van der Waals surface area contributed by atoms with Crippen molar-refractivity contribution in [3.8, 4) is 5.69 Å². The van der Waals surface area contributed by atoms with Gasteiger partial charge in [0.25, 0.3) is 0 Å². The first-order chi connectivity index (χ1) is 19.2. The molecule has 1 aromatic heterocycles. The van der Waals surface area contributed by atoms with Gasteiger partial charge in [0.2, 0.25) is 5.91 Å². The van der Waals surface area contributed by atoms with Gasteiger partial charge in [-0.1, -0.05) is 6.07 Å². The quantitative estimate of drug-likeness (QED) is 0.472. The summed E-state index contributed by atoms with van der Waals surface area (Å²) >= 11 is 0. The van der Waals surface area contributed by atoms with E-state index in [0.717, 1.165) is 10.6 Å². The zero-order chi connectivity index (χ0) is 29.7. The van der Waals surface area contributed by atoms with Gasteiger partial charge in [-0.05, 0) is 49.4 Å². The standard InChI is InChI=1S/C27H35F3N8O3/c1-26(2,32)12-22(39)36-7-9-37(10-8-36)24(40)33-21-5-6-38(25(41)34-21)17-4-3-16(20(11-17)27(28,29)30)13-35-14-18-19(15-35)23(18)31/h3-6,11,18-19,23H,7-10,12-15,31-32H2,1-2H3,(H,33,34,40,41). The highest BCUT2D eigenvalue weighted by Crippen LogP contribution is 2.44. The molecule has 3 heterocycles. The second-order valence-electron chi connectivity index (χ2n) is 11.9. The minimum Gasteiger partial charge on any atom is -0.339 e. The zero-order valence-electron chi connectivity index (χ0n) is 23.0. The molecule has 1 saturated carbocycles. The topological polar surface area (TPSA) is 143 Å². The number of amides is 3. The number of nitrogens with zero attached hydrogens (tertiary/aromatic N) is 5. The number of nitrogens with one attached hydrogen (secondary N) is 1. The van der Waals surface area contributed by atoms with Gasteiger partial charge < -0.3 is 21.3 Å². The van der Waals surface area contributed by atoms with E-state index in [-0.39, 0.29) is 55.1 Å². The van der Waals surface area contributed by atoms with Gasteiger partial charge in [-0.3, -0.25) is 19.6 Å². The van der Waals surface area contributed by atoms with Crippen molar-refractivity contribution in [3.05, 3.63) is 52.1 Å². The van der Waals surface area contributed by atoms with Crippen LogP contribution in [0.5, 0.6) is 0 Å². The smallest absolute Gasteiger partial charge is 0.339 e. The lowest BCUT2D eigenvalue weighted by Gasteiger charge is -2.35. The molecule has 11 nitrogen and oxygen atoms in total. The second kappa shape index (κ2) is 10.7. The maximum atomic E-state index is 14.0. The molecule has 5 N–H and O–H groups in total. The van der Waals surface area contributed by atoms with E-state index in [9.17, 15) is 27.6 Å². The Hall–Kier alpha value is -3.49. The summed E-state index contributed by atoms with van der Waals surface area (Å²) in [6.45, 7) is 6.34. The number of rotatable bonds is 6. The molecule has 3 aliphatic rings. The van der Waals surface area contributed by atoms with Crippen LogP contribution in [-0.4, -0.2) is 87.0 Å². The van der Waals surface area contributed by atoms with Gasteiger partial charge >= 0.3 is 17.9 Å². The number of hydrogen-bond acceptors (Lipinski definition) is 7. The number of halogens is 3. The lowest BCUT2D eigenvalue weighted by molar-refractivity contribution is -0.138. The Morgan fingerprint density at radius 2 is 1.68 bits per heavy atom. The molecular weight excluding hydrogens is 541 g/mol. The monoisotopic (exact) mass is 576 g/mol. The Bertz CT molecular complexity index is 1370. The number of piperazine rings is 1. The first-order valence-corrected chi connectivity index (χ1v) is 13.6. The van der Waals surface area contributed by atoms with Crippen molar-refractivity contribution in [3.63, 3.8) is 0 Å². The number of fused-ring (bicyclic) bond motifs is 1. The fraction of sp³-hybridized carbons (Fsp3) is 0.556. The molecule has 0 radical (unpaired) electrons. The van der Waals surface area contributed by atoms with Crippen molar-refractivity contribution in [2.45, 2.75) is 44.6 Å². The number of aromatic nitrogens is 2. The van der Waals surface area contributed by atoms with Crippen LogP contribution in [0.2, 0.25) is 0 Å². The van der Waals surface area contributed by atoms with Crippen LogP contribution in [0.4, 0.5) is 23.8 Å². The minimum atomic E-state index is -4.61. The number of piperidine rings is 1. The third-order valence-electron chi connectivity index (χ3n) is 7.97. The van der Waals surface area contributed by atoms with E-state index in [2.05, 4.69) is 10.3 Å². The zero-order valence-corrected chi connectivity index (χ0v) is 23.0. The minimum absolute atomic E-state index is 0.0178. The number of carbonyl (C=O) groups excluding carboxylic acids is 2. The Morgan fingerprint density at radius 3 is 2.27 bits per heavy atom. The summed E-state index contributed by atoms with van der Waals surface area (Å²) in [7, 11) is 0. The first-order valence-electron chi connectivity index (χ1n) is 13.6. The summed E-state index contributed by atoms with van der Waals surface area (Å²) in [5.41, 5.74) is 9.75. The fourth-order valence-corrected chi connectivity index (χ4v) is 5.66. The van der Waals surface area contributed by atoms with Crippen LogP contribution in [0.15, 0.2) is 35.3 Å². The number of anilines is 1. The average molecular weight is 577 g/mol. The molecule has 2 atom stereocenters. The molecule has 0 spiro atoms. The Morgan fingerprint density at radius 1 is 1.05 bits per heavy atom. The molecule has 5 rings (SSSR count). The highest BCUT2D eigenvalue weighted by molar-refractivity contribution is 5.88. The van der Waals surface area contributed by atoms with Gasteiger partial charge in [-0.15, -0.1) is 0 Å². The molecule has 2 aliphatic heterocycles. The number of nitrogens with two attached hydrogens (primary N) is 2.